The SMILES string of the molecule is CNc1nc(/C(=N\OC(C)C(=O)OC)C(=O)NC2C(=O)N3C(C(=O)OC)=C(C=CCI)CSC23)cs1. The van der Waals surface area contributed by atoms with Crippen LogP contribution in [0.1, 0.15) is 12.6 Å². The van der Waals surface area contributed by atoms with E-state index in [1.165, 1.54) is 49.1 Å². The molecule has 0 bridgehead atoms. The third-order valence-corrected chi connectivity index (χ3v) is 7.75. The standard InChI is InChI=1S/C21H24IN5O7S2/c1-10(19(30)32-3)34-26-13(12-9-36-21(23-2)24-12)16(28)25-14-17(29)27-15(20(31)33-4)11(6-5-7-22)8-35-18(14)27/h5-6,9-10,14,18H,7-8H2,1-4H3,(H,23,24)(H,25,28)/b6-5?,26-13+. The molecule has 3 heterocycles. The lowest BCUT2D eigenvalue weighted by atomic mass is 10.0. The van der Waals surface area contributed by atoms with Gasteiger partial charge in [0.25, 0.3) is 11.8 Å². The molecule has 12 nitrogen and oxygen atoms in total. The molecule has 3 unspecified atom stereocenters. The fraction of sp³-hybridized carbons (Fsp3) is 0.429. The molecule has 0 saturated carbocycles. The van der Waals surface area contributed by atoms with Gasteiger partial charge in [-0.15, -0.1) is 23.1 Å². The van der Waals surface area contributed by atoms with Gasteiger partial charge in [0.1, 0.15) is 22.8 Å². The molecule has 1 aromatic rings. The van der Waals surface area contributed by atoms with Crippen molar-refractivity contribution in [2.75, 3.05) is 36.8 Å². The number of carbonyl (C=O) groups excluding carboxylic acids is 4. The third kappa shape index (κ3) is 5.83. The Hall–Kier alpha value is -2.66. The topological polar surface area (TPSA) is 149 Å². The monoisotopic (exact) mass is 649 g/mol. The van der Waals surface area contributed by atoms with Crippen LogP contribution in [-0.2, 0) is 33.5 Å². The minimum Gasteiger partial charge on any atom is -0.466 e. The van der Waals surface area contributed by atoms with E-state index in [1.807, 2.05) is 6.08 Å². The fourth-order valence-electron chi connectivity index (χ4n) is 3.30. The van der Waals surface area contributed by atoms with Crippen molar-refractivity contribution in [3.8, 4) is 0 Å². The van der Waals surface area contributed by atoms with Crippen molar-refractivity contribution in [1.82, 2.24) is 15.2 Å². The van der Waals surface area contributed by atoms with Crippen LogP contribution in [0.4, 0.5) is 5.13 Å². The maximum atomic E-state index is 13.2. The molecule has 194 valence electrons. The molecule has 1 fully saturated rings. The number of amides is 2. The van der Waals surface area contributed by atoms with Gasteiger partial charge in [-0.05, 0) is 12.5 Å². The second-order valence-corrected chi connectivity index (χ2v) is 10.1. The maximum Gasteiger partial charge on any atom is 0.355 e. The number of fused-ring (bicyclic) bond motifs is 1. The lowest BCUT2D eigenvalue weighted by Crippen LogP contribution is -2.71. The van der Waals surface area contributed by atoms with Crippen LogP contribution in [0.5, 0.6) is 0 Å². The van der Waals surface area contributed by atoms with Gasteiger partial charge in [-0.2, -0.15) is 0 Å². The number of allylic oxidation sites excluding steroid dienone is 2. The zero-order chi connectivity index (χ0) is 26.4. The minimum absolute atomic E-state index is 0.167. The van der Waals surface area contributed by atoms with E-state index in [-0.39, 0.29) is 17.1 Å². The van der Waals surface area contributed by atoms with Crippen molar-refractivity contribution in [1.29, 1.82) is 0 Å². The van der Waals surface area contributed by atoms with Crippen LogP contribution in [0.25, 0.3) is 0 Å². The second-order valence-electron chi connectivity index (χ2n) is 7.28. The van der Waals surface area contributed by atoms with Crippen LogP contribution >= 0.6 is 45.7 Å². The third-order valence-electron chi connectivity index (χ3n) is 5.08. The molecule has 3 rings (SSSR count). The first-order chi connectivity index (χ1) is 17.3. The molecule has 2 N–H and O–H groups in total. The summed E-state index contributed by atoms with van der Waals surface area (Å²) >= 11 is 4.83. The van der Waals surface area contributed by atoms with E-state index in [0.717, 1.165) is 4.43 Å². The summed E-state index contributed by atoms with van der Waals surface area (Å²) in [6, 6.07) is -0.914. The van der Waals surface area contributed by atoms with Gasteiger partial charge < -0.3 is 24.9 Å². The predicted molar refractivity (Wildman–Crippen MR) is 143 cm³/mol. The molecule has 0 aliphatic carbocycles. The Balaban J connectivity index is 1.84. The minimum atomic E-state index is -1.07. The van der Waals surface area contributed by atoms with E-state index < -0.39 is 41.3 Å². The molecule has 36 heavy (non-hydrogen) atoms. The van der Waals surface area contributed by atoms with Crippen molar-refractivity contribution >= 4 is 80.3 Å². The zero-order valence-corrected chi connectivity index (χ0v) is 23.6. The Bertz CT molecular complexity index is 1140. The highest BCUT2D eigenvalue weighted by atomic mass is 127. The van der Waals surface area contributed by atoms with Crippen LogP contribution < -0.4 is 10.6 Å². The number of nitrogens with one attached hydrogen (secondary N) is 2. The average Bonchev–Trinajstić information content (AvgIpc) is 3.37. The van der Waals surface area contributed by atoms with E-state index in [9.17, 15) is 19.2 Å². The summed E-state index contributed by atoms with van der Waals surface area (Å²) in [4.78, 5) is 61.2. The summed E-state index contributed by atoms with van der Waals surface area (Å²) in [5, 5.41) is 11.0. The lowest BCUT2D eigenvalue weighted by molar-refractivity contribution is -0.153. The van der Waals surface area contributed by atoms with Gasteiger partial charge in [-0.25, -0.2) is 14.6 Å². The molecule has 3 atom stereocenters. The number of aromatic nitrogens is 1. The lowest BCUT2D eigenvalue weighted by Gasteiger charge is -2.49. The number of oxime groups is 1. The molecule has 15 heteroatoms. The summed E-state index contributed by atoms with van der Waals surface area (Å²) in [5.74, 6) is -2.03. The van der Waals surface area contributed by atoms with Gasteiger partial charge in [0.05, 0.1) is 14.2 Å². The Morgan fingerprint density at radius 2 is 2.11 bits per heavy atom. The number of alkyl halides is 1. The van der Waals surface area contributed by atoms with Gasteiger partial charge in [-0.3, -0.25) is 14.5 Å². The number of thiazole rings is 1. The Kier molecular flexibility index (Phi) is 9.72. The highest BCUT2D eigenvalue weighted by molar-refractivity contribution is 14.1. The summed E-state index contributed by atoms with van der Waals surface area (Å²) in [5.41, 5.74) is 0.817. The summed E-state index contributed by atoms with van der Waals surface area (Å²) < 4.78 is 10.2. The molecule has 2 aliphatic rings. The van der Waals surface area contributed by atoms with Gasteiger partial charge in [0.2, 0.25) is 6.10 Å². The highest BCUT2D eigenvalue weighted by Crippen LogP contribution is 2.41. The maximum absolute atomic E-state index is 13.2. The van der Waals surface area contributed by atoms with Gasteiger partial charge in [0.15, 0.2) is 10.8 Å². The normalized spacial score (nSPS) is 20.4. The fourth-order valence-corrected chi connectivity index (χ4v) is 5.53. The van der Waals surface area contributed by atoms with Crippen LogP contribution in [0.3, 0.4) is 0 Å². The average molecular weight is 649 g/mol. The first-order valence-electron chi connectivity index (χ1n) is 10.5. The van der Waals surface area contributed by atoms with Crippen molar-refractivity contribution in [2.45, 2.75) is 24.4 Å². The highest BCUT2D eigenvalue weighted by Gasteiger charge is 2.54. The van der Waals surface area contributed by atoms with E-state index in [1.54, 1.807) is 18.5 Å². The van der Waals surface area contributed by atoms with Crippen molar-refractivity contribution in [2.24, 2.45) is 5.16 Å². The van der Waals surface area contributed by atoms with E-state index >= 15 is 0 Å². The van der Waals surface area contributed by atoms with E-state index in [4.69, 9.17) is 9.57 Å². The number of halogens is 1. The van der Waals surface area contributed by atoms with Crippen LogP contribution in [0, 0.1) is 0 Å². The summed E-state index contributed by atoms with van der Waals surface area (Å²) in [7, 11) is 4.13. The smallest absolute Gasteiger partial charge is 0.355 e. The Labute approximate surface area is 229 Å². The number of methoxy groups -OCH3 is 2. The number of esters is 2. The number of thioether (sulfide) groups is 1. The summed E-state index contributed by atoms with van der Waals surface area (Å²) in [6.45, 7) is 1.42. The number of carbonyl (C=O) groups is 4. The Morgan fingerprint density at radius 3 is 2.72 bits per heavy atom. The molecular formula is C21H24IN5O7S2. The number of anilines is 1. The molecule has 0 radical (unpaired) electrons. The molecular weight excluding hydrogens is 625 g/mol. The summed E-state index contributed by atoms with van der Waals surface area (Å²) in [6.07, 6.45) is 2.61. The van der Waals surface area contributed by atoms with Crippen molar-refractivity contribution < 1.29 is 33.5 Å². The number of rotatable bonds is 10. The second kappa shape index (κ2) is 12.5. The van der Waals surface area contributed by atoms with Crippen LogP contribution in [-0.4, -0.2) is 88.3 Å². The number of β-lactam (4-membered cyclic amide) rings is 1. The number of hydrogen-bond donors (Lipinski definition) is 2. The molecule has 0 spiro atoms. The van der Waals surface area contributed by atoms with Gasteiger partial charge >= 0.3 is 11.9 Å². The van der Waals surface area contributed by atoms with Crippen LogP contribution in [0.15, 0.2) is 34.0 Å². The van der Waals surface area contributed by atoms with Gasteiger partial charge in [0, 0.05) is 22.6 Å². The van der Waals surface area contributed by atoms with E-state index in [2.05, 4.69) is 48.1 Å². The van der Waals surface area contributed by atoms with E-state index in [0.29, 0.717) is 16.5 Å². The number of hydrogen-bond acceptors (Lipinski definition) is 12. The predicted octanol–water partition coefficient (Wildman–Crippen LogP) is 1.29. The first kappa shape index (κ1) is 27.9. The van der Waals surface area contributed by atoms with Crippen molar-refractivity contribution in [3.05, 3.63) is 34.5 Å². The molecule has 1 saturated heterocycles. The number of ether oxygens (including phenoxy) is 2. The van der Waals surface area contributed by atoms with Gasteiger partial charge in [-0.1, -0.05) is 39.9 Å². The molecule has 2 aliphatic heterocycles. The zero-order valence-electron chi connectivity index (χ0n) is 19.8. The number of nitrogens with zero attached hydrogens (tertiary/aromatic N) is 3. The molecule has 2 amide bonds. The first-order valence-corrected chi connectivity index (χ1v) is 14.0. The van der Waals surface area contributed by atoms with Crippen molar-refractivity contribution in [3.63, 3.8) is 0 Å². The quantitative estimate of drug-likeness (QED) is 0.0949. The largest absolute Gasteiger partial charge is 0.466 e. The Morgan fingerprint density at radius 1 is 1.36 bits per heavy atom. The molecule has 0 aromatic carbocycles. The molecule has 1 aromatic heterocycles. The van der Waals surface area contributed by atoms with Crippen LogP contribution in [0.2, 0.25) is 0 Å².